The molecule has 0 unspecified atom stereocenters. The van der Waals surface area contributed by atoms with Gasteiger partial charge in [-0.15, -0.1) is 0 Å². The molecule has 1 amide bonds. The molecule has 0 atom stereocenters. The number of nitrogens with zero attached hydrogens (tertiary/aromatic N) is 1. The predicted molar refractivity (Wildman–Crippen MR) is 73.4 cm³/mol. The summed E-state index contributed by atoms with van der Waals surface area (Å²) < 4.78 is 0.759. The first-order valence-electron chi connectivity index (χ1n) is 5.48. The molecule has 0 spiro atoms. The van der Waals surface area contributed by atoms with Gasteiger partial charge in [-0.05, 0) is 41.4 Å². The molecule has 0 fully saturated rings. The number of hydrogen-bond acceptors (Lipinski definition) is 1. The van der Waals surface area contributed by atoms with E-state index < -0.39 is 0 Å². The Bertz CT molecular complexity index is 484. The standard InChI is InChI=1S/C13H13BrClNO/c1-9-4-3-7-16(8-9)13(17)10-5-2-6-11(14)12(10)15/h2,4-6H,3,7-8H2,1H3. The second kappa shape index (κ2) is 5.23. The smallest absolute Gasteiger partial charge is 0.255 e. The van der Waals surface area contributed by atoms with Gasteiger partial charge in [-0.2, -0.15) is 0 Å². The van der Waals surface area contributed by atoms with Crippen LogP contribution in [0.5, 0.6) is 0 Å². The number of carbonyl (C=O) groups excluding carboxylic acids is 1. The molecular weight excluding hydrogens is 302 g/mol. The first kappa shape index (κ1) is 12.7. The number of hydrogen-bond donors (Lipinski definition) is 0. The van der Waals surface area contributed by atoms with Crippen LogP contribution in [0.1, 0.15) is 23.7 Å². The monoisotopic (exact) mass is 313 g/mol. The third-order valence-corrected chi connectivity index (χ3v) is 4.10. The van der Waals surface area contributed by atoms with Crippen molar-refractivity contribution in [3.63, 3.8) is 0 Å². The van der Waals surface area contributed by atoms with Crippen LogP contribution in [0.15, 0.2) is 34.3 Å². The number of carbonyl (C=O) groups is 1. The quantitative estimate of drug-likeness (QED) is 0.720. The molecule has 2 rings (SSSR count). The van der Waals surface area contributed by atoms with Crippen molar-refractivity contribution in [3.8, 4) is 0 Å². The molecule has 4 heteroatoms. The van der Waals surface area contributed by atoms with Gasteiger partial charge in [0.1, 0.15) is 0 Å². The molecule has 90 valence electrons. The summed E-state index contributed by atoms with van der Waals surface area (Å²) in [7, 11) is 0. The van der Waals surface area contributed by atoms with Gasteiger partial charge in [0, 0.05) is 17.6 Å². The van der Waals surface area contributed by atoms with Crippen molar-refractivity contribution in [1.82, 2.24) is 4.90 Å². The van der Waals surface area contributed by atoms with Gasteiger partial charge in [0.25, 0.3) is 5.91 Å². The van der Waals surface area contributed by atoms with E-state index in [-0.39, 0.29) is 5.91 Å². The van der Waals surface area contributed by atoms with E-state index in [2.05, 4.69) is 22.0 Å². The van der Waals surface area contributed by atoms with Gasteiger partial charge in [0.2, 0.25) is 0 Å². The molecule has 0 aliphatic carbocycles. The lowest BCUT2D eigenvalue weighted by atomic mass is 10.1. The minimum Gasteiger partial charge on any atom is -0.334 e. The highest BCUT2D eigenvalue weighted by Gasteiger charge is 2.20. The minimum atomic E-state index is 0.00347. The SMILES string of the molecule is CC1=CCCN(C(=O)c2cccc(Br)c2Cl)C1. The second-order valence-corrected chi connectivity index (χ2v) is 5.40. The van der Waals surface area contributed by atoms with Crippen LogP contribution in [-0.2, 0) is 0 Å². The maximum Gasteiger partial charge on any atom is 0.255 e. The summed E-state index contributed by atoms with van der Waals surface area (Å²) >= 11 is 9.47. The molecule has 1 aromatic rings. The second-order valence-electron chi connectivity index (χ2n) is 4.17. The molecule has 17 heavy (non-hydrogen) atoms. The first-order valence-corrected chi connectivity index (χ1v) is 6.65. The summed E-state index contributed by atoms with van der Waals surface area (Å²) in [6.07, 6.45) is 3.09. The average Bonchev–Trinajstić information content (AvgIpc) is 2.32. The van der Waals surface area contributed by atoms with Crippen LogP contribution in [0.2, 0.25) is 5.02 Å². The number of benzene rings is 1. The van der Waals surface area contributed by atoms with Crippen molar-refractivity contribution >= 4 is 33.4 Å². The molecule has 0 bridgehead atoms. The lowest BCUT2D eigenvalue weighted by Gasteiger charge is -2.26. The lowest BCUT2D eigenvalue weighted by molar-refractivity contribution is 0.0766. The molecule has 0 saturated carbocycles. The molecule has 1 heterocycles. The van der Waals surface area contributed by atoms with E-state index in [0.717, 1.165) is 17.4 Å². The zero-order valence-corrected chi connectivity index (χ0v) is 11.9. The normalized spacial score (nSPS) is 15.7. The summed E-state index contributed by atoms with van der Waals surface area (Å²) in [5.74, 6) is 0.00347. The van der Waals surface area contributed by atoms with Gasteiger partial charge < -0.3 is 4.90 Å². The zero-order valence-electron chi connectivity index (χ0n) is 9.54. The van der Waals surface area contributed by atoms with E-state index in [1.807, 2.05) is 24.0 Å². The van der Waals surface area contributed by atoms with E-state index in [0.29, 0.717) is 17.1 Å². The van der Waals surface area contributed by atoms with Crippen LogP contribution in [0.4, 0.5) is 0 Å². The predicted octanol–water partition coefficient (Wildman–Crippen LogP) is 3.89. The van der Waals surface area contributed by atoms with Crippen LogP contribution in [-0.4, -0.2) is 23.9 Å². The Labute approximate surface area is 114 Å². The third-order valence-electron chi connectivity index (χ3n) is 2.80. The van der Waals surface area contributed by atoms with Crippen molar-refractivity contribution < 1.29 is 4.79 Å². The third kappa shape index (κ3) is 2.72. The number of rotatable bonds is 1. The fourth-order valence-corrected chi connectivity index (χ4v) is 2.50. The van der Waals surface area contributed by atoms with Crippen molar-refractivity contribution in [2.45, 2.75) is 13.3 Å². The van der Waals surface area contributed by atoms with E-state index in [1.54, 1.807) is 6.07 Å². The van der Waals surface area contributed by atoms with Crippen LogP contribution >= 0.6 is 27.5 Å². The summed E-state index contributed by atoms with van der Waals surface area (Å²) in [6.45, 7) is 3.50. The van der Waals surface area contributed by atoms with Crippen LogP contribution < -0.4 is 0 Å². The Balaban J connectivity index is 2.26. The summed E-state index contributed by atoms with van der Waals surface area (Å²) in [5, 5.41) is 0.490. The Morgan fingerprint density at radius 3 is 2.94 bits per heavy atom. The molecule has 1 aliphatic rings. The van der Waals surface area contributed by atoms with Crippen LogP contribution in [0.3, 0.4) is 0 Å². The van der Waals surface area contributed by atoms with Crippen molar-refractivity contribution in [2.75, 3.05) is 13.1 Å². The van der Waals surface area contributed by atoms with Crippen LogP contribution in [0, 0.1) is 0 Å². The lowest BCUT2D eigenvalue weighted by Crippen LogP contribution is -2.35. The Kier molecular flexibility index (Phi) is 3.89. The fourth-order valence-electron chi connectivity index (χ4n) is 1.92. The molecule has 0 saturated heterocycles. The Morgan fingerprint density at radius 2 is 2.24 bits per heavy atom. The molecule has 0 aromatic heterocycles. The van der Waals surface area contributed by atoms with Crippen LogP contribution in [0.25, 0.3) is 0 Å². The molecule has 0 radical (unpaired) electrons. The Morgan fingerprint density at radius 1 is 1.47 bits per heavy atom. The molecule has 1 aromatic carbocycles. The Hall–Kier alpha value is -0.800. The highest BCUT2D eigenvalue weighted by molar-refractivity contribution is 9.10. The molecule has 1 aliphatic heterocycles. The maximum absolute atomic E-state index is 12.3. The number of halogens is 2. The highest BCUT2D eigenvalue weighted by Crippen LogP contribution is 2.27. The summed E-state index contributed by atoms with van der Waals surface area (Å²) in [5.41, 5.74) is 1.80. The van der Waals surface area contributed by atoms with Gasteiger partial charge >= 0.3 is 0 Å². The van der Waals surface area contributed by atoms with E-state index in [4.69, 9.17) is 11.6 Å². The van der Waals surface area contributed by atoms with E-state index >= 15 is 0 Å². The highest BCUT2D eigenvalue weighted by atomic mass is 79.9. The summed E-state index contributed by atoms with van der Waals surface area (Å²) in [4.78, 5) is 14.1. The first-order chi connectivity index (χ1) is 8.09. The van der Waals surface area contributed by atoms with Gasteiger partial charge in [-0.1, -0.05) is 29.3 Å². The average molecular weight is 315 g/mol. The summed E-state index contributed by atoms with van der Waals surface area (Å²) in [6, 6.07) is 5.43. The maximum atomic E-state index is 12.3. The minimum absolute atomic E-state index is 0.00347. The van der Waals surface area contributed by atoms with Crippen molar-refractivity contribution in [1.29, 1.82) is 0 Å². The largest absolute Gasteiger partial charge is 0.334 e. The van der Waals surface area contributed by atoms with Gasteiger partial charge in [0.15, 0.2) is 0 Å². The van der Waals surface area contributed by atoms with Gasteiger partial charge in [0.05, 0.1) is 10.6 Å². The number of amides is 1. The van der Waals surface area contributed by atoms with E-state index in [9.17, 15) is 4.79 Å². The van der Waals surface area contributed by atoms with Gasteiger partial charge in [-0.25, -0.2) is 0 Å². The fraction of sp³-hybridized carbons (Fsp3) is 0.308. The topological polar surface area (TPSA) is 20.3 Å². The van der Waals surface area contributed by atoms with Crippen molar-refractivity contribution in [2.24, 2.45) is 0 Å². The van der Waals surface area contributed by atoms with Gasteiger partial charge in [-0.3, -0.25) is 4.79 Å². The molecule has 2 nitrogen and oxygen atoms in total. The zero-order chi connectivity index (χ0) is 12.4. The molecule has 0 N–H and O–H groups in total. The molecular formula is C13H13BrClNO. The van der Waals surface area contributed by atoms with E-state index in [1.165, 1.54) is 5.57 Å². The van der Waals surface area contributed by atoms with Crippen molar-refractivity contribution in [3.05, 3.63) is 44.9 Å².